The van der Waals surface area contributed by atoms with Crippen molar-refractivity contribution in [3.05, 3.63) is 34.4 Å². The number of aryl methyl sites for hydroxylation is 1. The van der Waals surface area contributed by atoms with Crippen molar-refractivity contribution in [2.75, 3.05) is 5.73 Å². The molecule has 1 aromatic carbocycles. The van der Waals surface area contributed by atoms with Gasteiger partial charge in [-0.3, -0.25) is 0 Å². The Morgan fingerprint density at radius 2 is 2.13 bits per heavy atom. The summed E-state index contributed by atoms with van der Waals surface area (Å²) in [5.74, 6) is 0.532. The second kappa shape index (κ2) is 3.70. The summed E-state index contributed by atoms with van der Waals surface area (Å²) >= 11 is 3.46. The number of aromatic nitrogens is 2. The van der Waals surface area contributed by atoms with E-state index in [1.165, 1.54) is 5.56 Å². The van der Waals surface area contributed by atoms with Crippen molar-refractivity contribution in [3.8, 4) is 11.3 Å². The maximum atomic E-state index is 5.71. The summed E-state index contributed by atoms with van der Waals surface area (Å²) in [7, 11) is 1.91. The van der Waals surface area contributed by atoms with E-state index in [2.05, 4.69) is 40.0 Å². The Balaban J connectivity index is 2.63. The monoisotopic (exact) mass is 265 g/mol. The summed E-state index contributed by atoms with van der Waals surface area (Å²) in [6.07, 6.45) is 1.80. The van der Waals surface area contributed by atoms with Gasteiger partial charge in [-0.15, -0.1) is 0 Å². The first-order valence-corrected chi connectivity index (χ1v) is 5.42. The van der Waals surface area contributed by atoms with E-state index < -0.39 is 0 Å². The molecule has 0 atom stereocenters. The Bertz CT molecular complexity index is 503. The molecule has 0 spiro atoms. The molecule has 0 saturated carbocycles. The third-order valence-electron chi connectivity index (χ3n) is 2.50. The average Bonchev–Trinajstić information content (AvgIpc) is 2.52. The van der Waals surface area contributed by atoms with Gasteiger partial charge in [-0.1, -0.05) is 22.0 Å². The molecule has 0 bridgehead atoms. The van der Waals surface area contributed by atoms with Gasteiger partial charge in [-0.2, -0.15) is 0 Å². The van der Waals surface area contributed by atoms with Crippen LogP contribution >= 0.6 is 15.9 Å². The van der Waals surface area contributed by atoms with Gasteiger partial charge < -0.3 is 10.3 Å². The zero-order valence-electron chi connectivity index (χ0n) is 8.66. The van der Waals surface area contributed by atoms with Gasteiger partial charge in [0.05, 0.1) is 11.9 Å². The van der Waals surface area contributed by atoms with E-state index in [0.29, 0.717) is 5.95 Å². The third-order valence-corrected chi connectivity index (χ3v) is 2.99. The number of benzene rings is 1. The first-order chi connectivity index (χ1) is 7.09. The Morgan fingerprint density at radius 3 is 2.73 bits per heavy atom. The standard InChI is InChI=1S/C11H12BrN3/c1-7-3-4-8(12)5-9(7)10-6-14-11(13)15(10)2/h3-6H,1-2H3,(H2,13,14). The largest absolute Gasteiger partial charge is 0.369 e. The van der Waals surface area contributed by atoms with Gasteiger partial charge in [0, 0.05) is 17.1 Å². The molecule has 1 heterocycles. The van der Waals surface area contributed by atoms with Gasteiger partial charge in [-0.05, 0) is 24.6 Å². The molecular formula is C11H12BrN3. The summed E-state index contributed by atoms with van der Waals surface area (Å²) in [5, 5.41) is 0. The lowest BCUT2D eigenvalue weighted by atomic mass is 10.1. The van der Waals surface area contributed by atoms with E-state index >= 15 is 0 Å². The van der Waals surface area contributed by atoms with Crippen molar-refractivity contribution >= 4 is 21.9 Å². The highest BCUT2D eigenvalue weighted by Crippen LogP contribution is 2.27. The zero-order valence-corrected chi connectivity index (χ0v) is 10.2. The summed E-state index contributed by atoms with van der Waals surface area (Å²) < 4.78 is 2.94. The van der Waals surface area contributed by atoms with Crippen molar-refractivity contribution in [1.29, 1.82) is 0 Å². The predicted octanol–water partition coefficient (Wildman–Crippen LogP) is 2.74. The maximum absolute atomic E-state index is 5.71. The third kappa shape index (κ3) is 1.77. The van der Waals surface area contributed by atoms with E-state index in [1.807, 2.05) is 17.7 Å². The molecular weight excluding hydrogens is 254 g/mol. The maximum Gasteiger partial charge on any atom is 0.200 e. The number of nitrogens with zero attached hydrogens (tertiary/aromatic N) is 2. The van der Waals surface area contributed by atoms with E-state index in [1.54, 1.807) is 6.20 Å². The summed E-state index contributed by atoms with van der Waals surface area (Å²) in [6, 6.07) is 6.17. The molecule has 4 heteroatoms. The molecule has 78 valence electrons. The van der Waals surface area contributed by atoms with Crippen LogP contribution in [0, 0.1) is 6.92 Å². The van der Waals surface area contributed by atoms with E-state index in [-0.39, 0.29) is 0 Å². The number of imidazole rings is 1. The molecule has 1 aromatic heterocycles. The van der Waals surface area contributed by atoms with Gasteiger partial charge in [0.15, 0.2) is 5.95 Å². The summed E-state index contributed by atoms with van der Waals surface area (Å²) in [6.45, 7) is 2.07. The number of nitrogen functional groups attached to an aromatic ring is 1. The molecule has 3 nitrogen and oxygen atoms in total. The molecule has 0 radical (unpaired) electrons. The molecule has 2 aromatic rings. The second-order valence-corrected chi connectivity index (χ2v) is 4.44. The fourth-order valence-electron chi connectivity index (χ4n) is 1.54. The van der Waals surface area contributed by atoms with Crippen molar-refractivity contribution in [2.24, 2.45) is 7.05 Å². The molecule has 0 unspecified atom stereocenters. The van der Waals surface area contributed by atoms with Crippen molar-refractivity contribution < 1.29 is 0 Å². The molecule has 0 aliphatic heterocycles. The molecule has 15 heavy (non-hydrogen) atoms. The number of halogens is 1. The van der Waals surface area contributed by atoms with Crippen molar-refractivity contribution in [2.45, 2.75) is 6.92 Å². The first-order valence-electron chi connectivity index (χ1n) is 4.63. The van der Waals surface area contributed by atoms with Gasteiger partial charge >= 0.3 is 0 Å². The molecule has 2 N–H and O–H groups in total. The minimum atomic E-state index is 0.532. The van der Waals surface area contributed by atoms with Crippen LogP contribution in [0.3, 0.4) is 0 Å². The highest BCUT2D eigenvalue weighted by molar-refractivity contribution is 9.10. The minimum absolute atomic E-state index is 0.532. The highest BCUT2D eigenvalue weighted by atomic mass is 79.9. The zero-order chi connectivity index (χ0) is 11.0. The molecule has 0 saturated heterocycles. The van der Waals surface area contributed by atoms with Crippen LogP contribution in [-0.2, 0) is 7.05 Å². The number of hydrogen-bond acceptors (Lipinski definition) is 2. The summed E-state index contributed by atoms with van der Waals surface area (Å²) in [4.78, 5) is 4.09. The van der Waals surface area contributed by atoms with Gasteiger partial charge in [0.25, 0.3) is 0 Å². The minimum Gasteiger partial charge on any atom is -0.369 e. The highest BCUT2D eigenvalue weighted by Gasteiger charge is 2.08. The second-order valence-electron chi connectivity index (χ2n) is 3.52. The lowest BCUT2D eigenvalue weighted by molar-refractivity contribution is 0.937. The van der Waals surface area contributed by atoms with Crippen molar-refractivity contribution in [3.63, 3.8) is 0 Å². The SMILES string of the molecule is Cc1ccc(Br)cc1-c1cnc(N)n1C. The number of rotatable bonds is 1. The van der Waals surface area contributed by atoms with Crippen LogP contribution in [0.25, 0.3) is 11.3 Å². The van der Waals surface area contributed by atoms with Crippen LogP contribution < -0.4 is 5.73 Å². The van der Waals surface area contributed by atoms with Crippen LogP contribution in [0.1, 0.15) is 5.56 Å². The fraction of sp³-hybridized carbons (Fsp3) is 0.182. The van der Waals surface area contributed by atoms with Gasteiger partial charge in [0.1, 0.15) is 0 Å². The van der Waals surface area contributed by atoms with Crippen LogP contribution in [0.2, 0.25) is 0 Å². The quantitative estimate of drug-likeness (QED) is 0.862. The molecule has 0 amide bonds. The Hall–Kier alpha value is -1.29. The smallest absolute Gasteiger partial charge is 0.200 e. The lowest BCUT2D eigenvalue weighted by Crippen LogP contribution is -1.99. The van der Waals surface area contributed by atoms with Crippen LogP contribution in [0.4, 0.5) is 5.95 Å². The topological polar surface area (TPSA) is 43.8 Å². The number of anilines is 1. The molecule has 0 aliphatic carbocycles. The molecule has 2 rings (SSSR count). The van der Waals surface area contributed by atoms with E-state index in [0.717, 1.165) is 15.7 Å². The van der Waals surface area contributed by atoms with Gasteiger partial charge in [-0.25, -0.2) is 4.98 Å². The van der Waals surface area contributed by atoms with Gasteiger partial charge in [0.2, 0.25) is 0 Å². The number of nitrogens with two attached hydrogens (primary N) is 1. The first kappa shape index (κ1) is 10.2. The van der Waals surface area contributed by atoms with Crippen LogP contribution in [0.15, 0.2) is 28.9 Å². The predicted molar refractivity (Wildman–Crippen MR) is 65.5 cm³/mol. The Kier molecular flexibility index (Phi) is 2.52. The lowest BCUT2D eigenvalue weighted by Gasteiger charge is -2.07. The molecule has 0 aliphatic rings. The van der Waals surface area contributed by atoms with E-state index in [4.69, 9.17) is 5.73 Å². The Labute approximate surface area is 97.1 Å². The van der Waals surface area contributed by atoms with E-state index in [9.17, 15) is 0 Å². The summed E-state index contributed by atoms with van der Waals surface area (Å²) in [5.41, 5.74) is 9.10. The average molecular weight is 266 g/mol. The van der Waals surface area contributed by atoms with Crippen molar-refractivity contribution in [1.82, 2.24) is 9.55 Å². The fourth-order valence-corrected chi connectivity index (χ4v) is 1.91. The number of hydrogen-bond donors (Lipinski definition) is 1. The van der Waals surface area contributed by atoms with Crippen LogP contribution in [0.5, 0.6) is 0 Å². The van der Waals surface area contributed by atoms with Crippen LogP contribution in [-0.4, -0.2) is 9.55 Å². The molecule has 0 fully saturated rings. The Morgan fingerprint density at radius 1 is 1.40 bits per heavy atom. The normalized spacial score (nSPS) is 10.6.